The van der Waals surface area contributed by atoms with E-state index < -0.39 is 0 Å². The summed E-state index contributed by atoms with van der Waals surface area (Å²) in [6.07, 6.45) is 5.25. The van der Waals surface area contributed by atoms with Gasteiger partial charge < -0.3 is 10.2 Å². The molecule has 4 rings (SSSR count). The fraction of sp³-hybridized carbons (Fsp3) is 0.583. The van der Waals surface area contributed by atoms with Gasteiger partial charge in [0.2, 0.25) is 5.91 Å². The molecule has 2 fully saturated rings. The second-order valence-electron chi connectivity index (χ2n) is 9.12. The summed E-state index contributed by atoms with van der Waals surface area (Å²) in [5, 5.41) is 7.43. The summed E-state index contributed by atoms with van der Waals surface area (Å²) in [5.41, 5.74) is 3.26. The molecule has 0 spiro atoms. The summed E-state index contributed by atoms with van der Waals surface area (Å²) in [4.78, 5) is 17.6. The van der Waals surface area contributed by atoms with Gasteiger partial charge in [0.05, 0.1) is 12.1 Å². The number of likely N-dealkylation sites (tertiary alicyclic amines) is 2. The number of nitrogens with zero attached hydrogens (tertiary/aromatic N) is 4. The highest BCUT2D eigenvalue weighted by molar-refractivity contribution is 5.92. The molecule has 0 saturated carbocycles. The molecule has 0 bridgehead atoms. The van der Waals surface area contributed by atoms with E-state index in [-0.39, 0.29) is 17.6 Å². The Balaban J connectivity index is 1.28. The molecule has 2 atom stereocenters. The predicted octanol–water partition coefficient (Wildman–Crippen LogP) is 3.52. The SMILES string of the molecule is CCn1ncc(CN2CCC([C@H]3C[C@@H](C(=O)Nc4ccc(F)cc4)CN3C)CC2)c1C. The molecule has 1 aromatic heterocycles. The van der Waals surface area contributed by atoms with Crippen LogP contribution in [0.4, 0.5) is 10.1 Å². The van der Waals surface area contributed by atoms with E-state index in [1.807, 2.05) is 6.20 Å². The van der Waals surface area contributed by atoms with Crippen LogP contribution in [0.15, 0.2) is 30.5 Å². The first-order chi connectivity index (χ1) is 14.9. The molecular formula is C24H34FN5O. The smallest absolute Gasteiger partial charge is 0.228 e. The second kappa shape index (κ2) is 9.49. The molecule has 7 heteroatoms. The normalized spacial score (nSPS) is 23.4. The standard InChI is InChI=1S/C24H34FN5O/c1-4-30-17(2)20(14-26-30)16-29-11-9-18(10-12-29)23-13-19(15-28(23)3)24(31)27-22-7-5-21(25)6-8-22/h5-8,14,18-19,23H,4,9-13,15-16H2,1-3H3,(H,27,31)/t19-,23-/m1/s1. The van der Waals surface area contributed by atoms with E-state index in [4.69, 9.17) is 0 Å². The average molecular weight is 428 g/mol. The number of carbonyl (C=O) groups excluding carboxylic acids is 1. The Hall–Kier alpha value is -2.25. The number of rotatable bonds is 6. The maximum absolute atomic E-state index is 13.1. The molecule has 1 amide bonds. The van der Waals surface area contributed by atoms with Crippen LogP contribution in [0.3, 0.4) is 0 Å². The molecule has 6 nitrogen and oxygen atoms in total. The van der Waals surface area contributed by atoms with Gasteiger partial charge in [-0.25, -0.2) is 4.39 Å². The summed E-state index contributed by atoms with van der Waals surface area (Å²) in [6, 6.07) is 6.44. The van der Waals surface area contributed by atoms with Crippen molar-refractivity contribution < 1.29 is 9.18 Å². The van der Waals surface area contributed by atoms with Gasteiger partial charge >= 0.3 is 0 Å². The van der Waals surface area contributed by atoms with Gasteiger partial charge in [-0.3, -0.25) is 14.4 Å². The van der Waals surface area contributed by atoms with Crippen molar-refractivity contribution in [1.82, 2.24) is 19.6 Å². The zero-order valence-electron chi connectivity index (χ0n) is 18.9. The number of nitrogens with one attached hydrogen (secondary N) is 1. The third kappa shape index (κ3) is 4.99. The molecule has 2 saturated heterocycles. The third-order valence-electron chi connectivity index (χ3n) is 7.16. The zero-order chi connectivity index (χ0) is 22.0. The molecule has 0 radical (unpaired) electrons. The minimum absolute atomic E-state index is 0.0133. The molecule has 0 unspecified atom stereocenters. The van der Waals surface area contributed by atoms with Crippen LogP contribution in [0.5, 0.6) is 0 Å². The Kier molecular flexibility index (Phi) is 6.72. The van der Waals surface area contributed by atoms with E-state index in [0.29, 0.717) is 17.6 Å². The van der Waals surface area contributed by atoms with Crippen molar-refractivity contribution in [2.24, 2.45) is 11.8 Å². The molecular weight excluding hydrogens is 393 g/mol. The van der Waals surface area contributed by atoms with Gasteiger partial charge in [-0.1, -0.05) is 0 Å². The first kappa shape index (κ1) is 22.0. The molecule has 2 aliphatic rings. The predicted molar refractivity (Wildman–Crippen MR) is 120 cm³/mol. The maximum atomic E-state index is 13.1. The number of aryl methyl sites for hydroxylation is 1. The van der Waals surface area contributed by atoms with Crippen LogP contribution in [0.25, 0.3) is 0 Å². The molecule has 168 valence electrons. The number of amides is 1. The van der Waals surface area contributed by atoms with Crippen LogP contribution in [0.2, 0.25) is 0 Å². The van der Waals surface area contributed by atoms with E-state index in [9.17, 15) is 9.18 Å². The van der Waals surface area contributed by atoms with Crippen molar-refractivity contribution in [3.63, 3.8) is 0 Å². The van der Waals surface area contributed by atoms with Crippen molar-refractivity contribution >= 4 is 11.6 Å². The Morgan fingerprint density at radius 3 is 2.58 bits per heavy atom. The van der Waals surface area contributed by atoms with Crippen molar-refractivity contribution in [3.05, 3.63) is 47.5 Å². The fourth-order valence-corrected chi connectivity index (χ4v) is 5.24. The number of piperidine rings is 1. The van der Waals surface area contributed by atoms with Gasteiger partial charge in [0.15, 0.2) is 0 Å². The summed E-state index contributed by atoms with van der Waals surface area (Å²) >= 11 is 0. The zero-order valence-corrected chi connectivity index (χ0v) is 18.9. The number of aromatic nitrogens is 2. The fourth-order valence-electron chi connectivity index (χ4n) is 5.24. The molecule has 3 heterocycles. The number of hydrogen-bond acceptors (Lipinski definition) is 4. The maximum Gasteiger partial charge on any atom is 0.228 e. The lowest BCUT2D eigenvalue weighted by Gasteiger charge is -2.37. The van der Waals surface area contributed by atoms with Crippen LogP contribution in [-0.2, 0) is 17.9 Å². The molecule has 2 aromatic rings. The van der Waals surface area contributed by atoms with Gasteiger partial charge in [0.25, 0.3) is 0 Å². The largest absolute Gasteiger partial charge is 0.326 e. The number of carbonyl (C=O) groups is 1. The van der Waals surface area contributed by atoms with Gasteiger partial charge in [0.1, 0.15) is 5.82 Å². The molecule has 2 aliphatic heterocycles. The van der Waals surface area contributed by atoms with E-state index in [0.717, 1.165) is 39.1 Å². The first-order valence-corrected chi connectivity index (χ1v) is 11.4. The van der Waals surface area contributed by atoms with Gasteiger partial charge in [-0.2, -0.15) is 5.10 Å². The third-order valence-corrected chi connectivity index (χ3v) is 7.16. The average Bonchev–Trinajstić information content (AvgIpc) is 3.33. The Labute approximate surface area is 184 Å². The summed E-state index contributed by atoms with van der Waals surface area (Å²) in [6.45, 7) is 9.15. The second-order valence-corrected chi connectivity index (χ2v) is 9.12. The van der Waals surface area contributed by atoms with Crippen LogP contribution < -0.4 is 5.32 Å². The molecule has 0 aliphatic carbocycles. The Morgan fingerprint density at radius 1 is 1.23 bits per heavy atom. The highest BCUT2D eigenvalue weighted by Crippen LogP contribution is 2.34. The lowest BCUT2D eigenvalue weighted by molar-refractivity contribution is -0.119. The highest BCUT2D eigenvalue weighted by atomic mass is 19.1. The van der Waals surface area contributed by atoms with E-state index in [2.05, 4.69) is 45.8 Å². The quantitative estimate of drug-likeness (QED) is 0.766. The summed E-state index contributed by atoms with van der Waals surface area (Å²) in [7, 11) is 2.14. The van der Waals surface area contributed by atoms with E-state index in [1.165, 1.54) is 36.2 Å². The number of halogens is 1. The van der Waals surface area contributed by atoms with E-state index >= 15 is 0 Å². The number of hydrogen-bond donors (Lipinski definition) is 1. The van der Waals surface area contributed by atoms with Crippen molar-refractivity contribution in [2.45, 2.75) is 52.2 Å². The Morgan fingerprint density at radius 2 is 1.94 bits per heavy atom. The topological polar surface area (TPSA) is 53.4 Å². The minimum Gasteiger partial charge on any atom is -0.326 e. The summed E-state index contributed by atoms with van der Waals surface area (Å²) in [5.74, 6) is 0.367. The van der Waals surface area contributed by atoms with Crippen molar-refractivity contribution in [3.8, 4) is 0 Å². The number of anilines is 1. The monoisotopic (exact) mass is 427 g/mol. The molecule has 1 aromatic carbocycles. The minimum atomic E-state index is -0.292. The lowest BCUT2D eigenvalue weighted by atomic mass is 9.86. The number of benzene rings is 1. The Bertz CT molecular complexity index is 888. The van der Waals surface area contributed by atoms with Gasteiger partial charge in [-0.05, 0) is 83.4 Å². The van der Waals surface area contributed by atoms with Gasteiger partial charge in [0, 0.05) is 42.6 Å². The van der Waals surface area contributed by atoms with Crippen LogP contribution in [-0.4, -0.2) is 58.2 Å². The van der Waals surface area contributed by atoms with Crippen LogP contribution in [0.1, 0.15) is 37.4 Å². The van der Waals surface area contributed by atoms with E-state index in [1.54, 1.807) is 12.1 Å². The highest BCUT2D eigenvalue weighted by Gasteiger charge is 2.39. The summed E-state index contributed by atoms with van der Waals surface area (Å²) < 4.78 is 15.2. The van der Waals surface area contributed by atoms with Crippen molar-refractivity contribution in [2.75, 3.05) is 32.0 Å². The molecule has 1 N–H and O–H groups in total. The molecule has 31 heavy (non-hydrogen) atoms. The first-order valence-electron chi connectivity index (χ1n) is 11.4. The van der Waals surface area contributed by atoms with Gasteiger partial charge in [-0.15, -0.1) is 0 Å². The van der Waals surface area contributed by atoms with Crippen LogP contribution >= 0.6 is 0 Å². The van der Waals surface area contributed by atoms with Crippen LogP contribution in [0, 0.1) is 24.6 Å². The lowest BCUT2D eigenvalue weighted by Crippen LogP contribution is -2.41. The van der Waals surface area contributed by atoms with Crippen molar-refractivity contribution in [1.29, 1.82) is 0 Å².